The summed E-state index contributed by atoms with van der Waals surface area (Å²) in [5.74, 6) is 0.507. The maximum Gasteiger partial charge on any atom is 0.173 e. The molecule has 0 amide bonds. The lowest BCUT2D eigenvalue weighted by molar-refractivity contribution is 0.102. The standard InChI is InChI=1S/C19H18N4OS/c20-10-14-17(22)23-18(15(11-21)19(14)8-4-5-9-19)25-12-16(24)13-6-2-1-3-7-13/h1-3,6-7,23H,4-5,8-9,12,22H2. The van der Waals surface area contributed by atoms with Gasteiger partial charge in [-0.2, -0.15) is 10.5 Å². The first-order chi connectivity index (χ1) is 12.1. The number of thioether (sulfide) groups is 1. The Kier molecular flexibility index (Phi) is 4.83. The Morgan fingerprint density at radius 3 is 2.40 bits per heavy atom. The molecule has 6 heteroatoms. The maximum atomic E-state index is 12.3. The molecule has 25 heavy (non-hydrogen) atoms. The fraction of sp³-hybridized carbons (Fsp3) is 0.316. The Labute approximate surface area is 151 Å². The SMILES string of the molecule is N#CC1=C(N)NC(SCC(=O)c2ccccc2)=C(C#N)C12CCCC2. The molecule has 3 rings (SSSR count). The van der Waals surface area contributed by atoms with Crippen LogP contribution in [0.15, 0.2) is 52.3 Å². The fourth-order valence-corrected chi connectivity index (χ4v) is 4.61. The molecule has 1 fully saturated rings. The van der Waals surface area contributed by atoms with Crippen molar-refractivity contribution in [3.8, 4) is 12.1 Å². The van der Waals surface area contributed by atoms with Gasteiger partial charge in [0.1, 0.15) is 5.82 Å². The fourth-order valence-electron chi connectivity index (χ4n) is 3.60. The van der Waals surface area contributed by atoms with Crippen LogP contribution in [0.1, 0.15) is 36.0 Å². The van der Waals surface area contributed by atoms with E-state index in [9.17, 15) is 15.3 Å². The van der Waals surface area contributed by atoms with Crippen molar-refractivity contribution < 1.29 is 4.79 Å². The van der Waals surface area contributed by atoms with Gasteiger partial charge in [0.15, 0.2) is 5.78 Å². The lowest BCUT2D eigenvalue weighted by Crippen LogP contribution is -2.36. The van der Waals surface area contributed by atoms with Crippen LogP contribution in [0.2, 0.25) is 0 Å². The Morgan fingerprint density at radius 2 is 1.80 bits per heavy atom. The number of rotatable bonds is 4. The van der Waals surface area contributed by atoms with E-state index in [0.717, 1.165) is 25.7 Å². The zero-order valence-corrected chi connectivity index (χ0v) is 14.5. The van der Waals surface area contributed by atoms with Gasteiger partial charge in [0, 0.05) is 11.0 Å². The lowest BCUT2D eigenvalue weighted by atomic mass is 9.72. The van der Waals surface area contributed by atoms with Crippen molar-refractivity contribution in [1.82, 2.24) is 5.32 Å². The monoisotopic (exact) mass is 350 g/mol. The Hall–Kier alpha value is -2.70. The number of Topliss-reactive ketones (excluding diaryl/α,β-unsaturated/α-hetero) is 1. The Bertz CT molecular complexity index is 836. The number of benzene rings is 1. The number of carbonyl (C=O) groups excluding carboxylic acids is 1. The summed E-state index contributed by atoms with van der Waals surface area (Å²) in [7, 11) is 0. The van der Waals surface area contributed by atoms with Gasteiger partial charge >= 0.3 is 0 Å². The third kappa shape index (κ3) is 3.01. The molecule has 5 nitrogen and oxygen atoms in total. The molecular weight excluding hydrogens is 332 g/mol. The first-order valence-electron chi connectivity index (χ1n) is 8.15. The van der Waals surface area contributed by atoms with Gasteiger partial charge in [-0.05, 0) is 12.8 Å². The summed E-state index contributed by atoms with van der Waals surface area (Å²) in [5.41, 5.74) is 7.13. The topological polar surface area (TPSA) is 103 Å². The third-order valence-electron chi connectivity index (χ3n) is 4.83. The van der Waals surface area contributed by atoms with Crippen LogP contribution in [-0.2, 0) is 0 Å². The minimum atomic E-state index is -0.586. The van der Waals surface area contributed by atoms with Crippen LogP contribution >= 0.6 is 11.8 Å². The van der Waals surface area contributed by atoms with Crippen molar-refractivity contribution in [3.63, 3.8) is 0 Å². The summed E-state index contributed by atoms with van der Waals surface area (Å²) in [5, 5.41) is 22.9. The summed E-state index contributed by atoms with van der Waals surface area (Å²) >= 11 is 1.28. The molecule has 0 atom stereocenters. The van der Waals surface area contributed by atoms with Gasteiger partial charge in [0.05, 0.1) is 34.1 Å². The smallest absolute Gasteiger partial charge is 0.173 e. The van der Waals surface area contributed by atoms with Crippen LogP contribution in [-0.4, -0.2) is 11.5 Å². The number of nitrogens with two attached hydrogens (primary N) is 1. The van der Waals surface area contributed by atoms with E-state index < -0.39 is 5.41 Å². The van der Waals surface area contributed by atoms with E-state index in [1.54, 1.807) is 12.1 Å². The van der Waals surface area contributed by atoms with E-state index in [1.165, 1.54) is 11.8 Å². The molecule has 1 spiro atoms. The first kappa shape index (κ1) is 17.1. The zero-order chi connectivity index (χ0) is 17.9. The maximum absolute atomic E-state index is 12.3. The van der Waals surface area contributed by atoms with Crippen molar-refractivity contribution in [3.05, 3.63) is 57.9 Å². The summed E-state index contributed by atoms with van der Waals surface area (Å²) in [6.07, 6.45) is 3.42. The second-order valence-corrected chi connectivity index (χ2v) is 7.19. The van der Waals surface area contributed by atoms with Gasteiger partial charge in [0.25, 0.3) is 0 Å². The van der Waals surface area contributed by atoms with Gasteiger partial charge < -0.3 is 11.1 Å². The molecule has 2 aliphatic rings. The predicted molar refractivity (Wildman–Crippen MR) is 96.7 cm³/mol. The molecule has 1 saturated carbocycles. The highest BCUT2D eigenvalue weighted by atomic mass is 32.2. The number of nitriles is 2. The van der Waals surface area contributed by atoms with E-state index in [0.29, 0.717) is 27.6 Å². The van der Waals surface area contributed by atoms with Crippen molar-refractivity contribution in [1.29, 1.82) is 10.5 Å². The van der Waals surface area contributed by atoms with E-state index >= 15 is 0 Å². The van der Waals surface area contributed by atoms with Gasteiger partial charge in [-0.25, -0.2) is 0 Å². The van der Waals surface area contributed by atoms with Crippen LogP contribution in [0.5, 0.6) is 0 Å². The summed E-state index contributed by atoms with van der Waals surface area (Å²) in [4.78, 5) is 12.3. The van der Waals surface area contributed by atoms with Crippen molar-refractivity contribution >= 4 is 17.5 Å². The minimum Gasteiger partial charge on any atom is -0.384 e. The zero-order valence-electron chi connectivity index (χ0n) is 13.7. The molecule has 0 radical (unpaired) electrons. The highest BCUT2D eigenvalue weighted by Crippen LogP contribution is 2.53. The number of ketones is 1. The van der Waals surface area contributed by atoms with Crippen molar-refractivity contribution in [2.45, 2.75) is 25.7 Å². The lowest BCUT2D eigenvalue weighted by Gasteiger charge is -2.35. The minimum absolute atomic E-state index is 0.00806. The van der Waals surface area contributed by atoms with Gasteiger partial charge in [0.2, 0.25) is 0 Å². The molecule has 0 aromatic heterocycles. The molecule has 126 valence electrons. The van der Waals surface area contributed by atoms with Crippen LogP contribution in [0, 0.1) is 28.1 Å². The second-order valence-electron chi connectivity index (χ2n) is 6.21. The number of dihydropyridines is 1. The third-order valence-corrected chi connectivity index (χ3v) is 5.83. The van der Waals surface area contributed by atoms with Crippen molar-refractivity contribution in [2.24, 2.45) is 11.1 Å². The molecule has 1 aliphatic heterocycles. The van der Waals surface area contributed by atoms with Gasteiger partial charge in [-0.1, -0.05) is 54.9 Å². The van der Waals surface area contributed by atoms with E-state index in [-0.39, 0.29) is 11.5 Å². The molecule has 0 saturated heterocycles. The van der Waals surface area contributed by atoms with Gasteiger partial charge in [-0.15, -0.1) is 0 Å². The number of nitrogens with one attached hydrogen (secondary N) is 1. The Balaban J connectivity index is 1.88. The number of hydrogen-bond acceptors (Lipinski definition) is 6. The van der Waals surface area contributed by atoms with Crippen LogP contribution in [0.25, 0.3) is 0 Å². The molecule has 1 aromatic carbocycles. The second kappa shape index (κ2) is 7.04. The highest BCUT2D eigenvalue weighted by molar-refractivity contribution is 8.03. The number of carbonyl (C=O) groups is 1. The van der Waals surface area contributed by atoms with E-state index in [4.69, 9.17) is 5.73 Å². The quantitative estimate of drug-likeness (QED) is 0.808. The number of nitrogens with zero attached hydrogens (tertiary/aromatic N) is 2. The van der Waals surface area contributed by atoms with E-state index in [2.05, 4.69) is 17.5 Å². The molecule has 1 aromatic rings. The normalized spacial score (nSPS) is 18.6. The summed E-state index contributed by atoms with van der Waals surface area (Å²) in [6.45, 7) is 0. The summed E-state index contributed by atoms with van der Waals surface area (Å²) in [6, 6.07) is 13.5. The molecule has 1 aliphatic carbocycles. The molecule has 0 bridgehead atoms. The van der Waals surface area contributed by atoms with E-state index in [1.807, 2.05) is 18.2 Å². The predicted octanol–water partition coefficient (Wildman–Crippen LogP) is 3.20. The van der Waals surface area contributed by atoms with Crippen molar-refractivity contribution in [2.75, 3.05) is 5.75 Å². The first-order valence-corrected chi connectivity index (χ1v) is 9.14. The Morgan fingerprint density at radius 1 is 1.16 bits per heavy atom. The number of allylic oxidation sites excluding steroid dienone is 2. The van der Waals surface area contributed by atoms with Crippen LogP contribution in [0.3, 0.4) is 0 Å². The molecular formula is C19H18N4OS. The average molecular weight is 350 g/mol. The molecule has 3 N–H and O–H groups in total. The summed E-state index contributed by atoms with van der Waals surface area (Å²) < 4.78 is 0. The molecule has 1 heterocycles. The van der Waals surface area contributed by atoms with Gasteiger partial charge in [-0.3, -0.25) is 4.79 Å². The molecule has 0 unspecified atom stereocenters. The van der Waals surface area contributed by atoms with Crippen LogP contribution in [0.4, 0.5) is 0 Å². The van der Waals surface area contributed by atoms with Crippen LogP contribution < -0.4 is 11.1 Å². The average Bonchev–Trinajstić information content (AvgIpc) is 3.10. The highest BCUT2D eigenvalue weighted by Gasteiger charge is 2.47. The largest absolute Gasteiger partial charge is 0.384 e. The number of hydrogen-bond donors (Lipinski definition) is 2.